The summed E-state index contributed by atoms with van der Waals surface area (Å²) in [4.78, 5) is 24.5. The molecule has 2 N–H and O–H groups in total. The third-order valence-corrected chi connectivity index (χ3v) is 3.89. The molecule has 0 spiro atoms. The Morgan fingerprint density at radius 3 is 2.18 bits per heavy atom. The predicted octanol–water partition coefficient (Wildman–Crippen LogP) is 3.46. The van der Waals surface area contributed by atoms with Crippen molar-refractivity contribution in [1.29, 1.82) is 0 Å². The number of anilines is 1. The lowest BCUT2D eigenvalue weighted by Gasteiger charge is -2.21. The van der Waals surface area contributed by atoms with Gasteiger partial charge in [0, 0.05) is 5.69 Å². The van der Waals surface area contributed by atoms with Gasteiger partial charge in [-0.05, 0) is 42.3 Å². The fourth-order valence-corrected chi connectivity index (χ4v) is 2.39. The van der Waals surface area contributed by atoms with Crippen molar-refractivity contribution in [3.63, 3.8) is 0 Å². The molecule has 2 aromatic rings. The standard InChI is InChI=1S/C21H26N2O5/c1-15(2)19(23-21(25)22-16-7-5-4-6-8-16)20(24)28-14-13-27-18-11-9-17(26-3)10-12-18/h4-12,15,19H,13-14H2,1-3H3,(H2,22,23,25)/t19-/m1/s1. The van der Waals surface area contributed by atoms with E-state index in [4.69, 9.17) is 14.2 Å². The molecule has 0 fully saturated rings. The molecule has 0 heterocycles. The zero-order valence-electron chi connectivity index (χ0n) is 16.3. The van der Waals surface area contributed by atoms with Gasteiger partial charge in [0.25, 0.3) is 0 Å². The molecule has 0 aromatic heterocycles. The minimum absolute atomic E-state index is 0.0794. The maximum absolute atomic E-state index is 12.3. The number of ether oxygens (including phenoxy) is 3. The number of carbonyl (C=O) groups is 2. The normalized spacial score (nSPS) is 11.4. The van der Waals surface area contributed by atoms with Crippen LogP contribution in [-0.2, 0) is 9.53 Å². The van der Waals surface area contributed by atoms with Gasteiger partial charge in [-0.15, -0.1) is 0 Å². The van der Waals surface area contributed by atoms with Crippen molar-refractivity contribution in [1.82, 2.24) is 5.32 Å². The summed E-state index contributed by atoms with van der Waals surface area (Å²) in [5, 5.41) is 5.34. The third kappa shape index (κ3) is 6.83. The number of benzene rings is 2. The number of carbonyl (C=O) groups excluding carboxylic acids is 2. The molecule has 0 bridgehead atoms. The van der Waals surface area contributed by atoms with Gasteiger partial charge in [0.2, 0.25) is 0 Å². The van der Waals surface area contributed by atoms with E-state index in [0.29, 0.717) is 11.4 Å². The van der Waals surface area contributed by atoms with Crippen LogP contribution >= 0.6 is 0 Å². The maximum atomic E-state index is 12.3. The molecule has 7 nitrogen and oxygen atoms in total. The molecule has 0 saturated carbocycles. The van der Waals surface area contributed by atoms with Crippen LogP contribution in [0, 0.1) is 5.92 Å². The summed E-state index contributed by atoms with van der Waals surface area (Å²) in [6, 6.07) is 14.9. The molecule has 28 heavy (non-hydrogen) atoms. The highest BCUT2D eigenvalue weighted by Crippen LogP contribution is 2.16. The molecule has 0 radical (unpaired) electrons. The Hall–Kier alpha value is -3.22. The number of hydrogen-bond donors (Lipinski definition) is 2. The molecular weight excluding hydrogens is 360 g/mol. The Bertz CT molecular complexity index is 747. The van der Waals surface area contributed by atoms with Gasteiger partial charge >= 0.3 is 12.0 Å². The molecule has 0 aliphatic heterocycles. The van der Waals surface area contributed by atoms with Crippen LogP contribution in [0.4, 0.5) is 10.5 Å². The lowest BCUT2D eigenvalue weighted by atomic mass is 10.1. The first-order valence-electron chi connectivity index (χ1n) is 9.05. The molecule has 0 aliphatic carbocycles. The Morgan fingerprint density at radius 2 is 1.57 bits per heavy atom. The van der Waals surface area contributed by atoms with Crippen LogP contribution in [0.15, 0.2) is 54.6 Å². The number of rotatable bonds is 9. The zero-order valence-corrected chi connectivity index (χ0v) is 16.3. The third-order valence-electron chi connectivity index (χ3n) is 3.89. The summed E-state index contributed by atoms with van der Waals surface area (Å²) < 4.78 is 15.9. The van der Waals surface area contributed by atoms with Gasteiger partial charge in [0.1, 0.15) is 30.8 Å². The van der Waals surface area contributed by atoms with Crippen molar-refractivity contribution >= 4 is 17.7 Å². The lowest BCUT2D eigenvalue weighted by Crippen LogP contribution is -2.47. The number of hydrogen-bond acceptors (Lipinski definition) is 5. The molecule has 2 amide bonds. The first-order chi connectivity index (χ1) is 13.5. The van der Waals surface area contributed by atoms with E-state index >= 15 is 0 Å². The molecule has 0 aliphatic rings. The number of amides is 2. The van der Waals surface area contributed by atoms with Crippen molar-refractivity contribution in [2.45, 2.75) is 19.9 Å². The first kappa shape index (κ1) is 21.1. The van der Waals surface area contributed by atoms with Crippen LogP contribution in [-0.4, -0.2) is 38.4 Å². The van der Waals surface area contributed by atoms with E-state index in [1.807, 2.05) is 32.0 Å². The summed E-state index contributed by atoms with van der Waals surface area (Å²) in [6.45, 7) is 3.96. The monoisotopic (exact) mass is 386 g/mol. The highest BCUT2D eigenvalue weighted by molar-refractivity contribution is 5.92. The molecule has 1 atom stereocenters. The second-order valence-electron chi connectivity index (χ2n) is 6.38. The SMILES string of the molecule is COc1ccc(OCCOC(=O)[C@H](NC(=O)Nc2ccccc2)C(C)C)cc1. The quantitative estimate of drug-likeness (QED) is 0.509. The lowest BCUT2D eigenvalue weighted by molar-refractivity contribution is -0.147. The second-order valence-corrected chi connectivity index (χ2v) is 6.38. The molecule has 150 valence electrons. The van der Waals surface area contributed by atoms with Crippen molar-refractivity contribution in [3.05, 3.63) is 54.6 Å². The van der Waals surface area contributed by atoms with E-state index in [0.717, 1.165) is 5.75 Å². The predicted molar refractivity (Wildman–Crippen MR) is 107 cm³/mol. The van der Waals surface area contributed by atoms with E-state index in [1.165, 1.54) is 0 Å². The molecular formula is C21H26N2O5. The van der Waals surface area contributed by atoms with Crippen molar-refractivity contribution in [2.75, 3.05) is 25.6 Å². The minimum Gasteiger partial charge on any atom is -0.497 e. The Kier molecular flexibility index (Phi) is 8.14. The summed E-state index contributed by atoms with van der Waals surface area (Å²) in [5.41, 5.74) is 0.642. The Labute approximate surface area is 165 Å². The van der Waals surface area contributed by atoms with Crippen molar-refractivity contribution < 1.29 is 23.8 Å². The Morgan fingerprint density at radius 1 is 0.929 bits per heavy atom. The summed E-state index contributed by atoms with van der Waals surface area (Å²) >= 11 is 0. The summed E-state index contributed by atoms with van der Waals surface area (Å²) in [6.07, 6.45) is 0. The van der Waals surface area contributed by atoms with Gasteiger partial charge in [-0.2, -0.15) is 0 Å². The molecule has 0 saturated heterocycles. The summed E-state index contributed by atoms with van der Waals surface area (Å²) in [7, 11) is 1.59. The van der Waals surface area contributed by atoms with Gasteiger partial charge in [0.15, 0.2) is 0 Å². The number of urea groups is 1. The Balaban J connectivity index is 1.77. The highest BCUT2D eigenvalue weighted by atomic mass is 16.6. The average molecular weight is 386 g/mol. The van der Waals surface area contributed by atoms with Gasteiger partial charge in [-0.3, -0.25) is 0 Å². The van der Waals surface area contributed by atoms with Crippen molar-refractivity contribution in [3.8, 4) is 11.5 Å². The number of esters is 1. The smallest absolute Gasteiger partial charge is 0.329 e. The zero-order chi connectivity index (χ0) is 20.4. The minimum atomic E-state index is -0.760. The van der Waals surface area contributed by atoms with Crippen LogP contribution in [0.1, 0.15) is 13.8 Å². The molecule has 2 rings (SSSR count). The van der Waals surface area contributed by atoms with E-state index in [9.17, 15) is 9.59 Å². The largest absolute Gasteiger partial charge is 0.497 e. The number of nitrogens with one attached hydrogen (secondary N) is 2. The molecule has 2 aromatic carbocycles. The maximum Gasteiger partial charge on any atom is 0.329 e. The van der Waals surface area contributed by atoms with E-state index in [2.05, 4.69) is 10.6 Å². The van der Waals surface area contributed by atoms with Crippen LogP contribution < -0.4 is 20.1 Å². The van der Waals surface area contributed by atoms with E-state index in [-0.39, 0.29) is 19.1 Å². The molecule has 0 unspecified atom stereocenters. The molecule has 7 heteroatoms. The average Bonchev–Trinajstić information content (AvgIpc) is 2.70. The second kappa shape index (κ2) is 10.8. The highest BCUT2D eigenvalue weighted by Gasteiger charge is 2.25. The van der Waals surface area contributed by atoms with Gasteiger partial charge in [-0.1, -0.05) is 32.0 Å². The van der Waals surface area contributed by atoms with Crippen LogP contribution in [0.3, 0.4) is 0 Å². The number of para-hydroxylation sites is 1. The summed E-state index contributed by atoms with van der Waals surface area (Å²) in [5.74, 6) is 0.754. The fourth-order valence-electron chi connectivity index (χ4n) is 2.39. The van der Waals surface area contributed by atoms with E-state index < -0.39 is 18.0 Å². The first-order valence-corrected chi connectivity index (χ1v) is 9.05. The topological polar surface area (TPSA) is 85.9 Å². The number of methoxy groups -OCH3 is 1. The van der Waals surface area contributed by atoms with Gasteiger partial charge in [0.05, 0.1) is 7.11 Å². The van der Waals surface area contributed by atoms with Crippen molar-refractivity contribution in [2.24, 2.45) is 5.92 Å². The van der Waals surface area contributed by atoms with Crippen LogP contribution in [0.25, 0.3) is 0 Å². The fraction of sp³-hybridized carbons (Fsp3) is 0.333. The van der Waals surface area contributed by atoms with Crippen LogP contribution in [0.5, 0.6) is 11.5 Å². The van der Waals surface area contributed by atoms with Gasteiger partial charge < -0.3 is 24.8 Å². The van der Waals surface area contributed by atoms with Crippen LogP contribution in [0.2, 0.25) is 0 Å². The van der Waals surface area contributed by atoms with E-state index in [1.54, 1.807) is 43.5 Å². The van der Waals surface area contributed by atoms with Gasteiger partial charge in [-0.25, -0.2) is 9.59 Å².